The van der Waals surface area contributed by atoms with Crippen molar-refractivity contribution in [2.24, 2.45) is 0 Å². The van der Waals surface area contributed by atoms with Crippen LogP contribution in [0.15, 0.2) is 18.2 Å². The third kappa shape index (κ3) is 4.78. The molecule has 2 aromatic rings. The fourth-order valence-corrected chi connectivity index (χ4v) is 3.10. The maximum atomic E-state index is 10.1. The van der Waals surface area contributed by atoms with E-state index in [2.05, 4.69) is 40.1 Å². The average Bonchev–Trinajstić information content (AvgIpc) is 2.71. The van der Waals surface area contributed by atoms with E-state index in [4.69, 9.17) is 4.74 Å². The van der Waals surface area contributed by atoms with E-state index in [1.165, 1.54) is 0 Å². The van der Waals surface area contributed by atoms with Crippen LogP contribution in [0, 0.1) is 6.92 Å². The van der Waals surface area contributed by atoms with Gasteiger partial charge in [0.2, 0.25) is 0 Å². The van der Waals surface area contributed by atoms with Crippen LogP contribution in [-0.2, 0) is 6.61 Å². The Balaban J connectivity index is 2.53. The molecule has 0 bridgehead atoms. The number of pyridine rings is 1. The Morgan fingerprint density at radius 1 is 1.00 bits per heavy atom. The SMILES string of the molecule is CCC(CC)Oc1cc(C)nc(Nc2c(NC)cc(NC)cc2NC)c1CO. The van der Waals surface area contributed by atoms with Crippen molar-refractivity contribution in [2.75, 3.05) is 42.4 Å². The summed E-state index contributed by atoms with van der Waals surface area (Å²) in [5.74, 6) is 1.27. The second-order valence-corrected chi connectivity index (χ2v) is 6.62. The number of aromatic nitrogens is 1. The molecule has 28 heavy (non-hydrogen) atoms. The first kappa shape index (κ1) is 21.6. The standard InChI is InChI=1S/C21H33N5O2/c1-7-15(8-2)28-19-9-13(3)25-21(16(19)12-27)26-20-17(23-5)10-14(22-4)11-18(20)24-6/h9-11,15,22-24,27H,7-8,12H2,1-6H3,(H,25,26). The molecule has 7 nitrogen and oxygen atoms in total. The second-order valence-electron chi connectivity index (χ2n) is 6.62. The third-order valence-electron chi connectivity index (χ3n) is 4.78. The molecule has 0 aliphatic heterocycles. The van der Waals surface area contributed by atoms with E-state index in [0.717, 1.165) is 41.3 Å². The summed E-state index contributed by atoms with van der Waals surface area (Å²) < 4.78 is 6.16. The highest BCUT2D eigenvalue weighted by molar-refractivity contribution is 5.89. The molecule has 0 amide bonds. The summed E-state index contributed by atoms with van der Waals surface area (Å²) in [7, 11) is 5.63. The zero-order valence-electron chi connectivity index (χ0n) is 17.7. The van der Waals surface area contributed by atoms with Crippen molar-refractivity contribution in [1.29, 1.82) is 0 Å². The topological polar surface area (TPSA) is 90.5 Å². The fraction of sp³-hybridized carbons (Fsp3) is 0.476. The minimum absolute atomic E-state index is 0.107. The van der Waals surface area contributed by atoms with Crippen LogP contribution in [-0.4, -0.2) is 37.3 Å². The molecule has 1 heterocycles. The van der Waals surface area contributed by atoms with Crippen molar-refractivity contribution in [3.63, 3.8) is 0 Å². The zero-order valence-corrected chi connectivity index (χ0v) is 17.7. The van der Waals surface area contributed by atoms with Crippen LogP contribution in [0.3, 0.4) is 0 Å². The molecule has 0 saturated heterocycles. The third-order valence-corrected chi connectivity index (χ3v) is 4.78. The van der Waals surface area contributed by atoms with E-state index in [1.54, 1.807) is 0 Å². The van der Waals surface area contributed by atoms with Crippen molar-refractivity contribution >= 4 is 28.6 Å². The molecule has 7 heteroatoms. The highest BCUT2D eigenvalue weighted by Crippen LogP contribution is 2.38. The lowest BCUT2D eigenvalue weighted by Gasteiger charge is -2.22. The predicted molar refractivity (Wildman–Crippen MR) is 118 cm³/mol. The Morgan fingerprint density at radius 2 is 1.61 bits per heavy atom. The van der Waals surface area contributed by atoms with Gasteiger partial charge in [0.15, 0.2) is 0 Å². The summed E-state index contributed by atoms with van der Waals surface area (Å²) in [6.07, 6.45) is 1.92. The number of ether oxygens (including phenoxy) is 1. The van der Waals surface area contributed by atoms with Crippen LogP contribution >= 0.6 is 0 Å². The number of nitrogens with zero attached hydrogens (tertiary/aromatic N) is 1. The van der Waals surface area contributed by atoms with E-state index in [9.17, 15) is 5.11 Å². The van der Waals surface area contributed by atoms with Crippen molar-refractivity contribution in [1.82, 2.24) is 4.98 Å². The van der Waals surface area contributed by atoms with Gasteiger partial charge in [-0.2, -0.15) is 0 Å². The van der Waals surface area contributed by atoms with Crippen molar-refractivity contribution in [2.45, 2.75) is 46.3 Å². The summed E-state index contributed by atoms with van der Waals surface area (Å²) in [4.78, 5) is 4.63. The predicted octanol–water partition coefficient (Wildman–Crippen LogP) is 4.32. The smallest absolute Gasteiger partial charge is 0.140 e. The Morgan fingerprint density at radius 3 is 2.07 bits per heavy atom. The molecule has 0 atom stereocenters. The number of aryl methyl sites for hydroxylation is 1. The van der Waals surface area contributed by atoms with Gasteiger partial charge < -0.3 is 31.1 Å². The summed E-state index contributed by atoms with van der Waals surface area (Å²) in [6, 6.07) is 5.91. The van der Waals surface area contributed by atoms with Gasteiger partial charge in [-0.15, -0.1) is 0 Å². The summed E-state index contributed by atoms with van der Waals surface area (Å²) in [5, 5.41) is 23.1. The summed E-state index contributed by atoms with van der Waals surface area (Å²) >= 11 is 0. The normalized spacial score (nSPS) is 10.7. The summed E-state index contributed by atoms with van der Waals surface area (Å²) in [6.45, 7) is 5.96. The maximum Gasteiger partial charge on any atom is 0.140 e. The number of rotatable bonds is 10. The molecule has 0 spiro atoms. The molecule has 154 valence electrons. The molecule has 0 aliphatic rings. The number of hydrogen-bond acceptors (Lipinski definition) is 7. The van der Waals surface area contributed by atoms with E-state index < -0.39 is 0 Å². The molecular formula is C21H33N5O2. The van der Waals surface area contributed by atoms with Crippen LogP contribution in [0.25, 0.3) is 0 Å². The molecule has 0 saturated carbocycles. The minimum atomic E-state index is -0.163. The van der Waals surface area contributed by atoms with Gasteiger partial charge in [0, 0.05) is 38.6 Å². The van der Waals surface area contributed by atoms with Gasteiger partial charge in [0.05, 0.1) is 35.3 Å². The number of hydrogen-bond donors (Lipinski definition) is 5. The molecule has 0 fully saturated rings. The number of benzene rings is 1. The lowest BCUT2D eigenvalue weighted by atomic mass is 10.1. The van der Waals surface area contributed by atoms with E-state index in [-0.39, 0.29) is 12.7 Å². The number of anilines is 5. The molecule has 0 radical (unpaired) electrons. The first-order valence-electron chi connectivity index (χ1n) is 9.77. The zero-order chi connectivity index (χ0) is 20.7. The fourth-order valence-electron chi connectivity index (χ4n) is 3.10. The molecule has 1 aromatic carbocycles. The van der Waals surface area contributed by atoms with Gasteiger partial charge in [-0.1, -0.05) is 13.8 Å². The minimum Gasteiger partial charge on any atom is -0.490 e. The first-order chi connectivity index (χ1) is 13.5. The van der Waals surface area contributed by atoms with Gasteiger partial charge in [0.25, 0.3) is 0 Å². The Bertz CT molecular complexity index is 766. The number of nitrogens with one attached hydrogen (secondary N) is 4. The molecule has 2 rings (SSSR count). The summed E-state index contributed by atoms with van der Waals surface area (Å²) in [5.41, 5.74) is 5.13. The number of aliphatic hydroxyl groups excluding tert-OH is 1. The first-order valence-corrected chi connectivity index (χ1v) is 9.77. The molecule has 5 N–H and O–H groups in total. The average molecular weight is 388 g/mol. The second kappa shape index (κ2) is 10.0. The molecule has 0 aliphatic carbocycles. The van der Waals surface area contributed by atoms with Gasteiger partial charge in [-0.05, 0) is 31.9 Å². The highest BCUT2D eigenvalue weighted by Gasteiger charge is 2.18. The number of aliphatic hydroxyl groups is 1. The van der Waals surface area contributed by atoms with Gasteiger partial charge in [-0.25, -0.2) is 4.98 Å². The lowest BCUT2D eigenvalue weighted by Crippen LogP contribution is -2.16. The highest BCUT2D eigenvalue weighted by atomic mass is 16.5. The van der Waals surface area contributed by atoms with E-state index in [0.29, 0.717) is 17.1 Å². The van der Waals surface area contributed by atoms with Crippen LogP contribution in [0.1, 0.15) is 37.9 Å². The van der Waals surface area contributed by atoms with Gasteiger partial charge in [-0.3, -0.25) is 0 Å². The van der Waals surface area contributed by atoms with Crippen LogP contribution in [0.4, 0.5) is 28.6 Å². The Hall–Kier alpha value is -2.67. The molecule has 0 unspecified atom stereocenters. The van der Waals surface area contributed by atoms with Crippen molar-refractivity contribution < 1.29 is 9.84 Å². The molecule has 1 aromatic heterocycles. The van der Waals surface area contributed by atoms with Crippen molar-refractivity contribution in [3.05, 3.63) is 29.5 Å². The maximum absolute atomic E-state index is 10.1. The largest absolute Gasteiger partial charge is 0.490 e. The van der Waals surface area contributed by atoms with E-state index in [1.807, 2.05) is 46.3 Å². The van der Waals surface area contributed by atoms with Crippen molar-refractivity contribution in [3.8, 4) is 5.75 Å². The van der Waals surface area contributed by atoms with E-state index >= 15 is 0 Å². The van der Waals surface area contributed by atoms with Gasteiger partial charge in [0.1, 0.15) is 11.6 Å². The quantitative estimate of drug-likeness (QED) is 0.415. The Kier molecular flexibility index (Phi) is 7.75. The lowest BCUT2D eigenvalue weighted by molar-refractivity contribution is 0.184. The van der Waals surface area contributed by atoms with Crippen LogP contribution in [0.2, 0.25) is 0 Å². The Labute approximate surface area is 167 Å². The van der Waals surface area contributed by atoms with Gasteiger partial charge >= 0.3 is 0 Å². The monoisotopic (exact) mass is 387 g/mol. The molecular weight excluding hydrogens is 354 g/mol. The van der Waals surface area contributed by atoms with Crippen LogP contribution < -0.4 is 26.0 Å². The van der Waals surface area contributed by atoms with Crippen LogP contribution in [0.5, 0.6) is 5.75 Å².